The van der Waals surface area contributed by atoms with Crippen molar-refractivity contribution in [2.45, 2.75) is 32.8 Å². The van der Waals surface area contributed by atoms with Crippen LogP contribution in [0.4, 0.5) is 11.4 Å². The fourth-order valence-corrected chi connectivity index (χ4v) is 2.69. The molecule has 0 atom stereocenters. The standard InChI is InChI=1S/C16H25N3O2/c1-3-21-14-6-8-19(9-7-14)11-16(20)18-15-5-4-13(17)10-12(15)2/h4-5,10,14H,3,6-9,11,17H2,1-2H3,(H,18,20). The highest BCUT2D eigenvalue weighted by atomic mass is 16.5. The van der Waals surface area contributed by atoms with E-state index in [1.54, 1.807) is 6.07 Å². The van der Waals surface area contributed by atoms with Gasteiger partial charge in [0.2, 0.25) is 5.91 Å². The van der Waals surface area contributed by atoms with E-state index in [0.29, 0.717) is 18.3 Å². The topological polar surface area (TPSA) is 67.6 Å². The van der Waals surface area contributed by atoms with Gasteiger partial charge in [0.15, 0.2) is 0 Å². The number of anilines is 2. The second kappa shape index (κ2) is 7.43. The molecule has 21 heavy (non-hydrogen) atoms. The largest absolute Gasteiger partial charge is 0.399 e. The molecule has 5 heteroatoms. The summed E-state index contributed by atoms with van der Waals surface area (Å²) in [5, 5.41) is 2.95. The number of benzene rings is 1. The number of hydrogen-bond donors (Lipinski definition) is 2. The number of piperidine rings is 1. The summed E-state index contributed by atoms with van der Waals surface area (Å²) in [7, 11) is 0. The Kier molecular flexibility index (Phi) is 5.59. The smallest absolute Gasteiger partial charge is 0.238 e. The van der Waals surface area contributed by atoms with E-state index in [-0.39, 0.29) is 5.91 Å². The van der Waals surface area contributed by atoms with Gasteiger partial charge in [-0.15, -0.1) is 0 Å². The van der Waals surface area contributed by atoms with Crippen LogP contribution in [0, 0.1) is 6.92 Å². The van der Waals surface area contributed by atoms with Gasteiger partial charge in [-0.25, -0.2) is 0 Å². The van der Waals surface area contributed by atoms with Crippen LogP contribution in [0.15, 0.2) is 18.2 Å². The van der Waals surface area contributed by atoms with E-state index in [1.807, 2.05) is 26.0 Å². The number of carbonyl (C=O) groups is 1. The van der Waals surface area contributed by atoms with E-state index in [9.17, 15) is 4.79 Å². The van der Waals surface area contributed by atoms with Crippen molar-refractivity contribution >= 4 is 17.3 Å². The maximum Gasteiger partial charge on any atom is 0.238 e. The number of ether oxygens (including phenoxy) is 1. The molecule has 1 aliphatic rings. The Morgan fingerprint density at radius 2 is 2.14 bits per heavy atom. The zero-order valence-electron chi connectivity index (χ0n) is 12.9. The fourth-order valence-electron chi connectivity index (χ4n) is 2.69. The van der Waals surface area contributed by atoms with Crippen LogP contribution in [0.25, 0.3) is 0 Å². The van der Waals surface area contributed by atoms with E-state index in [4.69, 9.17) is 10.5 Å². The highest BCUT2D eigenvalue weighted by molar-refractivity contribution is 5.93. The van der Waals surface area contributed by atoms with Crippen molar-refractivity contribution in [3.63, 3.8) is 0 Å². The molecule has 0 aromatic heterocycles. The van der Waals surface area contributed by atoms with Gasteiger partial charge in [0, 0.05) is 31.1 Å². The molecule has 5 nitrogen and oxygen atoms in total. The zero-order chi connectivity index (χ0) is 15.2. The molecule has 0 aliphatic carbocycles. The molecule has 1 saturated heterocycles. The Morgan fingerprint density at radius 3 is 2.76 bits per heavy atom. The third-order valence-corrected chi connectivity index (χ3v) is 3.83. The van der Waals surface area contributed by atoms with Gasteiger partial charge in [-0.1, -0.05) is 0 Å². The van der Waals surface area contributed by atoms with Crippen molar-refractivity contribution in [2.75, 3.05) is 37.3 Å². The number of carbonyl (C=O) groups excluding carboxylic acids is 1. The van der Waals surface area contributed by atoms with Gasteiger partial charge < -0.3 is 15.8 Å². The lowest BCUT2D eigenvalue weighted by Crippen LogP contribution is -2.41. The van der Waals surface area contributed by atoms with Crippen LogP contribution in [0.2, 0.25) is 0 Å². The lowest BCUT2D eigenvalue weighted by molar-refractivity contribution is -0.118. The Hall–Kier alpha value is -1.59. The molecule has 0 bridgehead atoms. The second-order valence-electron chi connectivity index (χ2n) is 5.55. The summed E-state index contributed by atoms with van der Waals surface area (Å²) < 4.78 is 5.62. The number of nitrogen functional groups attached to an aromatic ring is 1. The van der Waals surface area contributed by atoms with E-state index in [2.05, 4.69) is 10.2 Å². The molecule has 0 spiro atoms. The molecular formula is C16H25N3O2. The van der Waals surface area contributed by atoms with Crippen LogP contribution in [-0.2, 0) is 9.53 Å². The van der Waals surface area contributed by atoms with Crippen LogP contribution >= 0.6 is 0 Å². The van der Waals surface area contributed by atoms with Crippen LogP contribution in [-0.4, -0.2) is 43.2 Å². The predicted octanol–water partition coefficient (Wildman–Crippen LogP) is 2.02. The van der Waals surface area contributed by atoms with Crippen LogP contribution < -0.4 is 11.1 Å². The molecule has 0 unspecified atom stereocenters. The minimum Gasteiger partial charge on any atom is -0.399 e. The van der Waals surface area contributed by atoms with Crippen molar-refractivity contribution in [1.82, 2.24) is 4.90 Å². The lowest BCUT2D eigenvalue weighted by atomic mass is 10.1. The monoisotopic (exact) mass is 291 g/mol. The molecule has 1 heterocycles. The summed E-state index contributed by atoms with van der Waals surface area (Å²) in [6.07, 6.45) is 2.36. The molecule has 2 rings (SSSR count). The van der Waals surface area contributed by atoms with Crippen molar-refractivity contribution in [2.24, 2.45) is 0 Å². The number of nitrogens with two attached hydrogens (primary N) is 1. The zero-order valence-corrected chi connectivity index (χ0v) is 12.9. The van der Waals surface area contributed by atoms with E-state index in [1.165, 1.54) is 0 Å². The first-order valence-electron chi connectivity index (χ1n) is 7.58. The van der Waals surface area contributed by atoms with E-state index < -0.39 is 0 Å². The molecule has 0 radical (unpaired) electrons. The van der Waals surface area contributed by atoms with Gasteiger partial charge >= 0.3 is 0 Å². The third-order valence-electron chi connectivity index (χ3n) is 3.83. The molecule has 0 saturated carbocycles. The third kappa shape index (κ3) is 4.72. The fraction of sp³-hybridized carbons (Fsp3) is 0.562. The SMILES string of the molecule is CCOC1CCN(CC(=O)Nc2ccc(N)cc2C)CC1. The van der Waals surface area contributed by atoms with Crippen LogP contribution in [0.3, 0.4) is 0 Å². The number of aryl methyl sites for hydroxylation is 1. The van der Waals surface area contributed by atoms with Gasteiger partial charge in [0.25, 0.3) is 0 Å². The summed E-state index contributed by atoms with van der Waals surface area (Å²) in [6.45, 7) is 7.00. The lowest BCUT2D eigenvalue weighted by Gasteiger charge is -2.31. The van der Waals surface area contributed by atoms with Crippen molar-refractivity contribution in [3.8, 4) is 0 Å². The molecular weight excluding hydrogens is 266 g/mol. The quantitative estimate of drug-likeness (QED) is 0.814. The summed E-state index contributed by atoms with van der Waals surface area (Å²) in [5.74, 6) is 0.0257. The minimum absolute atomic E-state index is 0.0257. The Bertz CT molecular complexity index is 482. The Labute approximate surface area is 126 Å². The van der Waals surface area contributed by atoms with Crippen LogP contribution in [0.1, 0.15) is 25.3 Å². The number of hydrogen-bond acceptors (Lipinski definition) is 4. The first-order chi connectivity index (χ1) is 10.1. The molecule has 116 valence electrons. The van der Waals surface area contributed by atoms with Crippen molar-refractivity contribution in [3.05, 3.63) is 23.8 Å². The van der Waals surface area contributed by atoms with Gasteiger partial charge in [-0.3, -0.25) is 9.69 Å². The molecule has 3 N–H and O–H groups in total. The molecule has 1 aromatic rings. The average molecular weight is 291 g/mol. The number of likely N-dealkylation sites (tertiary alicyclic amines) is 1. The number of nitrogens with one attached hydrogen (secondary N) is 1. The number of amides is 1. The maximum absolute atomic E-state index is 12.1. The number of rotatable bonds is 5. The molecule has 1 aromatic carbocycles. The highest BCUT2D eigenvalue weighted by Gasteiger charge is 2.21. The van der Waals surface area contributed by atoms with Crippen molar-refractivity contribution in [1.29, 1.82) is 0 Å². The van der Waals surface area contributed by atoms with Gasteiger partial charge in [0.05, 0.1) is 12.6 Å². The predicted molar refractivity (Wildman–Crippen MR) is 85.3 cm³/mol. The summed E-state index contributed by atoms with van der Waals surface area (Å²) >= 11 is 0. The summed E-state index contributed by atoms with van der Waals surface area (Å²) in [4.78, 5) is 14.3. The van der Waals surface area contributed by atoms with Gasteiger partial charge in [0.1, 0.15) is 0 Å². The first-order valence-corrected chi connectivity index (χ1v) is 7.58. The minimum atomic E-state index is 0.0257. The Morgan fingerprint density at radius 1 is 1.43 bits per heavy atom. The number of nitrogens with zero attached hydrogens (tertiary/aromatic N) is 1. The molecule has 1 amide bonds. The van der Waals surface area contributed by atoms with Crippen molar-refractivity contribution < 1.29 is 9.53 Å². The molecule has 1 aliphatic heterocycles. The maximum atomic E-state index is 12.1. The highest BCUT2D eigenvalue weighted by Crippen LogP contribution is 2.18. The molecule has 1 fully saturated rings. The summed E-state index contributed by atoms with van der Waals surface area (Å²) in [5.41, 5.74) is 8.24. The van der Waals surface area contributed by atoms with E-state index >= 15 is 0 Å². The second-order valence-corrected chi connectivity index (χ2v) is 5.55. The summed E-state index contributed by atoms with van der Waals surface area (Å²) in [6, 6.07) is 5.52. The van der Waals surface area contributed by atoms with Crippen LogP contribution in [0.5, 0.6) is 0 Å². The Balaban J connectivity index is 1.80. The normalized spacial score (nSPS) is 16.9. The first kappa shape index (κ1) is 15.8. The van der Waals surface area contributed by atoms with E-state index in [0.717, 1.165) is 43.8 Å². The van der Waals surface area contributed by atoms with Gasteiger partial charge in [-0.05, 0) is 50.5 Å². The van der Waals surface area contributed by atoms with Gasteiger partial charge in [-0.2, -0.15) is 0 Å². The average Bonchev–Trinajstić information content (AvgIpc) is 2.44.